The molecule has 0 radical (unpaired) electrons. The lowest BCUT2D eigenvalue weighted by molar-refractivity contribution is -0.167. The van der Waals surface area contributed by atoms with E-state index in [0.29, 0.717) is 19.3 Å². The molecular formula is C75H118O6. The van der Waals surface area contributed by atoms with Gasteiger partial charge in [0.1, 0.15) is 13.2 Å². The summed E-state index contributed by atoms with van der Waals surface area (Å²) in [5, 5.41) is 0. The molecule has 0 aromatic rings. The van der Waals surface area contributed by atoms with Crippen LogP contribution in [0, 0.1) is 0 Å². The van der Waals surface area contributed by atoms with Gasteiger partial charge >= 0.3 is 17.9 Å². The predicted octanol–water partition coefficient (Wildman–Crippen LogP) is 22.7. The second-order valence-corrected chi connectivity index (χ2v) is 20.9. The Balaban J connectivity index is 4.40. The molecule has 0 aliphatic heterocycles. The first-order valence-corrected chi connectivity index (χ1v) is 32.6. The number of hydrogen-bond donors (Lipinski definition) is 0. The van der Waals surface area contributed by atoms with Gasteiger partial charge in [-0.25, -0.2) is 0 Å². The maximum atomic E-state index is 12.9. The zero-order valence-electron chi connectivity index (χ0n) is 52.0. The number of hydrogen-bond acceptors (Lipinski definition) is 6. The smallest absolute Gasteiger partial charge is 0.306 e. The van der Waals surface area contributed by atoms with Crippen molar-refractivity contribution in [3.63, 3.8) is 0 Å². The van der Waals surface area contributed by atoms with E-state index in [1.807, 2.05) is 0 Å². The first-order chi connectivity index (χ1) is 40.0. The fourth-order valence-corrected chi connectivity index (χ4v) is 8.36. The van der Waals surface area contributed by atoms with E-state index >= 15 is 0 Å². The van der Waals surface area contributed by atoms with Crippen LogP contribution in [-0.2, 0) is 28.6 Å². The molecular weight excluding hydrogens is 997 g/mol. The lowest BCUT2D eigenvalue weighted by Crippen LogP contribution is -2.30. The van der Waals surface area contributed by atoms with Gasteiger partial charge in [-0.2, -0.15) is 0 Å². The van der Waals surface area contributed by atoms with Crippen molar-refractivity contribution in [2.24, 2.45) is 0 Å². The summed E-state index contributed by atoms with van der Waals surface area (Å²) in [4.78, 5) is 38.3. The monoisotopic (exact) mass is 1110 g/mol. The molecule has 1 unspecified atom stereocenters. The van der Waals surface area contributed by atoms with Crippen LogP contribution in [0.5, 0.6) is 0 Å². The van der Waals surface area contributed by atoms with E-state index in [2.05, 4.69) is 191 Å². The molecule has 0 fully saturated rings. The molecule has 6 heteroatoms. The minimum atomic E-state index is -0.814. The minimum absolute atomic E-state index is 0.108. The van der Waals surface area contributed by atoms with Crippen molar-refractivity contribution in [2.75, 3.05) is 13.2 Å². The molecule has 0 saturated heterocycles. The minimum Gasteiger partial charge on any atom is -0.462 e. The molecule has 0 aliphatic carbocycles. The van der Waals surface area contributed by atoms with E-state index in [-0.39, 0.29) is 31.1 Å². The lowest BCUT2D eigenvalue weighted by atomic mass is 10.1. The summed E-state index contributed by atoms with van der Waals surface area (Å²) in [6.45, 7) is 6.33. The number of ether oxygens (including phenoxy) is 3. The van der Waals surface area contributed by atoms with Gasteiger partial charge < -0.3 is 14.2 Å². The summed E-state index contributed by atoms with van der Waals surface area (Å²) in [6, 6.07) is 0. The van der Waals surface area contributed by atoms with Crippen molar-refractivity contribution in [1.29, 1.82) is 0 Å². The highest BCUT2D eigenvalue weighted by atomic mass is 16.6. The van der Waals surface area contributed by atoms with Crippen molar-refractivity contribution < 1.29 is 28.6 Å². The van der Waals surface area contributed by atoms with Gasteiger partial charge in [-0.1, -0.05) is 262 Å². The van der Waals surface area contributed by atoms with Crippen LogP contribution in [0.15, 0.2) is 170 Å². The molecule has 81 heavy (non-hydrogen) atoms. The molecule has 1 atom stereocenters. The Morgan fingerprint density at radius 1 is 0.259 bits per heavy atom. The highest BCUT2D eigenvalue weighted by Crippen LogP contribution is 2.14. The van der Waals surface area contributed by atoms with Gasteiger partial charge in [0.2, 0.25) is 0 Å². The van der Waals surface area contributed by atoms with Crippen LogP contribution >= 0.6 is 0 Å². The zero-order valence-corrected chi connectivity index (χ0v) is 52.0. The van der Waals surface area contributed by atoms with Gasteiger partial charge in [0.15, 0.2) is 6.10 Å². The Kier molecular flexibility index (Phi) is 62.9. The largest absolute Gasteiger partial charge is 0.462 e. The number of rotatable bonds is 57. The van der Waals surface area contributed by atoms with E-state index in [4.69, 9.17) is 14.2 Å². The molecule has 454 valence electrons. The van der Waals surface area contributed by atoms with Crippen LogP contribution in [0.25, 0.3) is 0 Å². The Hall–Kier alpha value is -5.23. The summed E-state index contributed by atoms with van der Waals surface area (Å²) < 4.78 is 16.9. The molecule has 0 rings (SSSR count). The van der Waals surface area contributed by atoms with E-state index in [0.717, 1.165) is 173 Å². The highest BCUT2D eigenvalue weighted by Gasteiger charge is 2.19. The average molecular weight is 1120 g/mol. The molecule has 0 saturated carbocycles. The lowest BCUT2D eigenvalue weighted by Gasteiger charge is -2.18. The summed E-state index contributed by atoms with van der Waals surface area (Å²) in [6.07, 6.45) is 99.3. The van der Waals surface area contributed by atoms with Gasteiger partial charge in [-0.05, 0) is 154 Å². The first-order valence-electron chi connectivity index (χ1n) is 32.6. The number of unbranched alkanes of at least 4 members (excludes halogenated alkanes) is 18. The van der Waals surface area contributed by atoms with E-state index in [1.165, 1.54) is 51.4 Å². The van der Waals surface area contributed by atoms with Gasteiger partial charge in [0, 0.05) is 19.3 Å². The van der Waals surface area contributed by atoms with Crippen LogP contribution in [0.4, 0.5) is 0 Å². The Morgan fingerprint density at radius 2 is 0.481 bits per heavy atom. The molecule has 0 amide bonds. The quantitative estimate of drug-likeness (QED) is 0.0261. The van der Waals surface area contributed by atoms with Crippen molar-refractivity contribution in [3.8, 4) is 0 Å². The second-order valence-electron chi connectivity index (χ2n) is 20.9. The topological polar surface area (TPSA) is 78.9 Å². The van der Waals surface area contributed by atoms with Crippen molar-refractivity contribution in [1.82, 2.24) is 0 Å². The molecule has 0 bridgehead atoms. The number of carbonyl (C=O) groups excluding carboxylic acids is 3. The van der Waals surface area contributed by atoms with E-state index in [1.54, 1.807) is 0 Å². The van der Waals surface area contributed by atoms with E-state index < -0.39 is 6.10 Å². The molecule has 0 heterocycles. The maximum absolute atomic E-state index is 12.9. The highest BCUT2D eigenvalue weighted by molar-refractivity contribution is 5.71. The molecule has 0 spiro atoms. The first kappa shape index (κ1) is 75.8. The van der Waals surface area contributed by atoms with Crippen LogP contribution in [0.1, 0.15) is 265 Å². The fourth-order valence-electron chi connectivity index (χ4n) is 8.36. The fraction of sp³-hybridized carbons (Fsp3) is 0.587. The maximum Gasteiger partial charge on any atom is 0.306 e. The van der Waals surface area contributed by atoms with Crippen molar-refractivity contribution in [2.45, 2.75) is 271 Å². The van der Waals surface area contributed by atoms with Crippen molar-refractivity contribution in [3.05, 3.63) is 170 Å². The molecule has 0 N–H and O–H groups in total. The Morgan fingerprint density at radius 3 is 0.765 bits per heavy atom. The average Bonchev–Trinajstić information content (AvgIpc) is 3.46. The summed E-state index contributed by atoms with van der Waals surface area (Å²) in [5.41, 5.74) is 0. The van der Waals surface area contributed by atoms with Crippen LogP contribution in [0.3, 0.4) is 0 Å². The number of carbonyl (C=O) groups is 3. The van der Waals surface area contributed by atoms with Crippen LogP contribution in [0.2, 0.25) is 0 Å². The molecule has 0 aliphatic rings. The predicted molar refractivity (Wildman–Crippen MR) is 352 cm³/mol. The Labute approximate surface area is 498 Å². The van der Waals surface area contributed by atoms with Gasteiger partial charge in [0.05, 0.1) is 0 Å². The summed E-state index contributed by atoms with van der Waals surface area (Å²) >= 11 is 0. The number of esters is 3. The van der Waals surface area contributed by atoms with Gasteiger partial charge in [-0.15, -0.1) is 0 Å². The van der Waals surface area contributed by atoms with Crippen LogP contribution in [-0.4, -0.2) is 37.2 Å². The summed E-state index contributed by atoms with van der Waals surface area (Å²) in [7, 11) is 0. The van der Waals surface area contributed by atoms with Crippen LogP contribution < -0.4 is 0 Å². The second kappa shape index (κ2) is 67.3. The third kappa shape index (κ3) is 65.5. The standard InChI is InChI=1S/C75H118O6/c1-4-7-10-13-16-19-22-25-27-29-31-32-33-34-35-36-37-38-39-40-41-42-44-45-47-50-53-56-59-62-65-68-74(77)80-71-72(70-79-73(76)67-64-61-58-55-52-49-24-21-18-15-12-9-6-3)81-75(78)69-66-63-60-57-54-51-48-46-43-30-28-26-23-20-17-14-11-8-5-2/h7,9-10,12,16-21,25-28,31-32,34-35,37-38,40-41,43-46,49,52,72H,4-6,8,11,13-15,22-24,29-30,33,36,39,42,47-48,50-51,53-71H2,1-3H3/b10-7-,12-9-,19-16-,20-17-,21-18-,27-25-,28-26-,32-31-,35-34-,38-37-,41-40-,45-44-,46-43-,52-49-. The zero-order chi connectivity index (χ0) is 58.5. The summed E-state index contributed by atoms with van der Waals surface area (Å²) in [5.74, 6) is -0.969. The third-order valence-corrected chi connectivity index (χ3v) is 13.2. The molecule has 0 aromatic heterocycles. The molecule has 0 aromatic carbocycles. The SMILES string of the molecule is CC/C=C\C/C=C\C/C=C\C/C=C\C/C=C\C/C=C\C/C=C\C/C=C\CCCCCCCCC(=O)OCC(COC(=O)CCCCC/C=C\C/C=C\C/C=C\CC)OC(=O)CCCCCCCC/C=C\C/C=C\C/C=C\CCCCC. The van der Waals surface area contributed by atoms with Gasteiger partial charge in [0.25, 0.3) is 0 Å². The van der Waals surface area contributed by atoms with Crippen molar-refractivity contribution >= 4 is 17.9 Å². The van der Waals surface area contributed by atoms with E-state index in [9.17, 15) is 14.4 Å². The Bertz CT molecular complexity index is 1860. The van der Waals surface area contributed by atoms with Gasteiger partial charge in [-0.3, -0.25) is 14.4 Å². The third-order valence-electron chi connectivity index (χ3n) is 13.2. The normalized spacial score (nSPS) is 13.3. The number of allylic oxidation sites excluding steroid dienone is 28. The molecule has 6 nitrogen and oxygen atoms in total.